The predicted molar refractivity (Wildman–Crippen MR) is 126 cm³/mol. The Bertz CT molecular complexity index is 840. The van der Waals surface area contributed by atoms with Crippen molar-refractivity contribution in [3.05, 3.63) is 53.6 Å². The standard InChI is InChI=1S/C21H27F2N3O4.HI/c1-3-24-21(25-8-10-29-18-7-5-16(22)13-17(18)23)26-14-15-4-6-19(30-11-9-27)20(12-15)28-2;/h4-7,12-13,27H,3,8-11,14H2,1-2H3,(H2,24,25,26);1H. The fraction of sp³-hybridized carbons (Fsp3) is 0.381. The lowest BCUT2D eigenvalue weighted by Crippen LogP contribution is -2.39. The number of aliphatic hydroxyl groups is 1. The molecule has 10 heteroatoms. The second kappa shape index (κ2) is 14.6. The summed E-state index contributed by atoms with van der Waals surface area (Å²) in [6.45, 7) is 3.65. The lowest BCUT2D eigenvalue weighted by Gasteiger charge is -2.13. The number of nitrogens with zero attached hydrogens (tertiary/aromatic N) is 1. The van der Waals surface area contributed by atoms with E-state index in [9.17, 15) is 8.78 Å². The molecule has 0 saturated heterocycles. The molecule has 0 atom stereocenters. The summed E-state index contributed by atoms with van der Waals surface area (Å²) in [5.41, 5.74) is 0.907. The van der Waals surface area contributed by atoms with Crippen LogP contribution in [0.15, 0.2) is 41.4 Å². The third-order valence-electron chi connectivity index (χ3n) is 3.89. The number of aliphatic hydroxyl groups excluding tert-OH is 1. The maximum absolute atomic E-state index is 13.6. The van der Waals surface area contributed by atoms with Crippen molar-refractivity contribution < 1.29 is 28.1 Å². The second-order valence-electron chi connectivity index (χ2n) is 6.10. The summed E-state index contributed by atoms with van der Waals surface area (Å²) in [5.74, 6) is 0.286. The van der Waals surface area contributed by atoms with Gasteiger partial charge in [-0.15, -0.1) is 24.0 Å². The Balaban J connectivity index is 0.00000480. The van der Waals surface area contributed by atoms with Crippen molar-refractivity contribution in [2.75, 3.05) is 40.0 Å². The van der Waals surface area contributed by atoms with Gasteiger partial charge >= 0.3 is 0 Å². The average Bonchev–Trinajstić information content (AvgIpc) is 2.74. The Morgan fingerprint density at radius 2 is 1.74 bits per heavy atom. The van der Waals surface area contributed by atoms with Gasteiger partial charge in [-0.25, -0.2) is 13.8 Å². The van der Waals surface area contributed by atoms with Crippen LogP contribution in [0.25, 0.3) is 0 Å². The molecule has 2 aromatic rings. The minimum absolute atomic E-state index is 0. The van der Waals surface area contributed by atoms with Crippen LogP contribution in [-0.4, -0.2) is 51.1 Å². The van der Waals surface area contributed by atoms with Crippen LogP contribution in [0.2, 0.25) is 0 Å². The fourth-order valence-corrected chi connectivity index (χ4v) is 2.52. The monoisotopic (exact) mass is 551 g/mol. The molecule has 3 N–H and O–H groups in total. The summed E-state index contributed by atoms with van der Waals surface area (Å²) >= 11 is 0. The van der Waals surface area contributed by atoms with E-state index in [1.165, 1.54) is 6.07 Å². The van der Waals surface area contributed by atoms with Gasteiger partial charge in [0.25, 0.3) is 0 Å². The van der Waals surface area contributed by atoms with Crippen molar-refractivity contribution in [2.24, 2.45) is 4.99 Å². The highest BCUT2D eigenvalue weighted by atomic mass is 127. The maximum Gasteiger partial charge on any atom is 0.191 e. The highest BCUT2D eigenvalue weighted by Gasteiger charge is 2.07. The summed E-state index contributed by atoms with van der Waals surface area (Å²) in [6.07, 6.45) is 0. The zero-order chi connectivity index (χ0) is 21.8. The number of nitrogens with one attached hydrogen (secondary N) is 2. The SMILES string of the molecule is CCNC(=NCc1ccc(OCCO)c(OC)c1)NCCOc1ccc(F)cc1F.I. The first kappa shape index (κ1) is 26.7. The van der Waals surface area contributed by atoms with Crippen LogP contribution in [0.3, 0.4) is 0 Å². The van der Waals surface area contributed by atoms with Crippen LogP contribution in [0.4, 0.5) is 8.78 Å². The molecular formula is C21H28F2IN3O4. The van der Waals surface area contributed by atoms with E-state index in [0.29, 0.717) is 37.1 Å². The Hall–Kier alpha value is -2.34. The first-order chi connectivity index (χ1) is 14.6. The van der Waals surface area contributed by atoms with Gasteiger partial charge in [-0.3, -0.25) is 0 Å². The number of halogens is 3. The zero-order valence-electron chi connectivity index (χ0n) is 17.5. The van der Waals surface area contributed by atoms with E-state index in [1.807, 2.05) is 19.1 Å². The Kier molecular flexibility index (Phi) is 12.6. The average molecular weight is 551 g/mol. The molecule has 0 unspecified atom stereocenters. The molecule has 2 rings (SSSR count). The molecule has 0 amide bonds. The molecule has 0 fully saturated rings. The molecule has 31 heavy (non-hydrogen) atoms. The molecule has 0 heterocycles. The van der Waals surface area contributed by atoms with E-state index in [-0.39, 0.29) is 49.5 Å². The molecule has 0 radical (unpaired) electrons. The summed E-state index contributed by atoms with van der Waals surface area (Å²) in [6, 6.07) is 8.63. The van der Waals surface area contributed by atoms with Gasteiger partial charge in [0.15, 0.2) is 29.0 Å². The molecule has 0 aliphatic carbocycles. The molecule has 7 nitrogen and oxygen atoms in total. The van der Waals surface area contributed by atoms with Crippen LogP contribution in [0.1, 0.15) is 12.5 Å². The molecule has 0 saturated carbocycles. The minimum Gasteiger partial charge on any atom is -0.493 e. The van der Waals surface area contributed by atoms with E-state index in [1.54, 1.807) is 13.2 Å². The van der Waals surface area contributed by atoms with E-state index in [0.717, 1.165) is 17.7 Å². The van der Waals surface area contributed by atoms with Gasteiger partial charge in [-0.2, -0.15) is 0 Å². The molecule has 172 valence electrons. The number of guanidine groups is 1. The number of aliphatic imine (C=N–C) groups is 1. The van der Waals surface area contributed by atoms with E-state index >= 15 is 0 Å². The number of benzene rings is 2. The largest absolute Gasteiger partial charge is 0.493 e. The van der Waals surface area contributed by atoms with Crippen molar-refractivity contribution in [2.45, 2.75) is 13.5 Å². The number of rotatable bonds is 11. The Labute approximate surface area is 197 Å². The lowest BCUT2D eigenvalue weighted by atomic mass is 10.2. The Morgan fingerprint density at radius 3 is 2.42 bits per heavy atom. The first-order valence-corrected chi connectivity index (χ1v) is 9.58. The third kappa shape index (κ3) is 9.13. The predicted octanol–water partition coefficient (Wildman–Crippen LogP) is 3.10. The van der Waals surface area contributed by atoms with Crippen LogP contribution in [0, 0.1) is 11.6 Å². The molecule has 0 aliphatic heterocycles. The quantitative estimate of drug-likeness (QED) is 0.172. The first-order valence-electron chi connectivity index (χ1n) is 9.58. The second-order valence-corrected chi connectivity index (χ2v) is 6.10. The normalized spacial score (nSPS) is 10.8. The van der Waals surface area contributed by atoms with Crippen LogP contribution in [0.5, 0.6) is 17.2 Å². The van der Waals surface area contributed by atoms with Gasteiger partial charge in [-0.1, -0.05) is 6.07 Å². The third-order valence-corrected chi connectivity index (χ3v) is 3.89. The summed E-state index contributed by atoms with van der Waals surface area (Å²) < 4.78 is 42.5. The van der Waals surface area contributed by atoms with Gasteiger partial charge < -0.3 is 30.0 Å². The van der Waals surface area contributed by atoms with Gasteiger partial charge in [0.05, 0.1) is 26.8 Å². The van der Waals surface area contributed by atoms with Crippen LogP contribution < -0.4 is 24.8 Å². The molecular weight excluding hydrogens is 523 g/mol. The van der Waals surface area contributed by atoms with Crippen molar-refractivity contribution in [1.29, 1.82) is 0 Å². The molecule has 0 aliphatic rings. The molecule has 0 spiro atoms. The maximum atomic E-state index is 13.6. The fourth-order valence-electron chi connectivity index (χ4n) is 2.52. The van der Waals surface area contributed by atoms with Gasteiger partial charge in [-0.05, 0) is 36.8 Å². The summed E-state index contributed by atoms with van der Waals surface area (Å²) in [7, 11) is 1.55. The van der Waals surface area contributed by atoms with Gasteiger partial charge in [0.1, 0.15) is 19.0 Å². The number of methoxy groups -OCH3 is 1. The number of ether oxygens (including phenoxy) is 3. The van der Waals surface area contributed by atoms with Gasteiger partial charge in [0, 0.05) is 12.6 Å². The highest BCUT2D eigenvalue weighted by Crippen LogP contribution is 2.28. The Morgan fingerprint density at radius 1 is 1.00 bits per heavy atom. The molecule has 2 aromatic carbocycles. The molecule has 0 aromatic heterocycles. The number of hydrogen-bond acceptors (Lipinski definition) is 5. The number of hydrogen-bond donors (Lipinski definition) is 3. The van der Waals surface area contributed by atoms with Crippen molar-refractivity contribution in [1.82, 2.24) is 10.6 Å². The van der Waals surface area contributed by atoms with E-state index in [2.05, 4.69) is 15.6 Å². The highest BCUT2D eigenvalue weighted by molar-refractivity contribution is 14.0. The van der Waals surface area contributed by atoms with E-state index in [4.69, 9.17) is 19.3 Å². The van der Waals surface area contributed by atoms with Crippen molar-refractivity contribution in [3.8, 4) is 17.2 Å². The van der Waals surface area contributed by atoms with Crippen molar-refractivity contribution >= 4 is 29.9 Å². The summed E-state index contributed by atoms with van der Waals surface area (Å²) in [4.78, 5) is 4.50. The smallest absolute Gasteiger partial charge is 0.191 e. The van der Waals surface area contributed by atoms with Crippen molar-refractivity contribution in [3.63, 3.8) is 0 Å². The molecule has 0 bridgehead atoms. The van der Waals surface area contributed by atoms with Crippen LogP contribution >= 0.6 is 24.0 Å². The van der Waals surface area contributed by atoms with E-state index < -0.39 is 11.6 Å². The van der Waals surface area contributed by atoms with Gasteiger partial charge in [0.2, 0.25) is 0 Å². The lowest BCUT2D eigenvalue weighted by molar-refractivity contribution is 0.196. The van der Waals surface area contributed by atoms with Crippen LogP contribution in [-0.2, 0) is 6.54 Å². The zero-order valence-corrected chi connectivity index (χ0v) is 19.8. The minimum atomic E-state index is -0.740. The summed E-state index contributed by atoms with van der Waals surface area (Å²) in [5, 5.41) is 15.1. The topological polar surface area (TPSA) is 84.3 Å².